The molecule has 1 aliphatic heterocycles. The first-order chi connectivity index (χ1) is 10.5. The maximum atomic E-state index is 5.60. The molecule has 0 unspecified atom stereocenters. The number of rotatable bonds is 3. The second kappa shape index (κ2) is 5.72. The molecule has 2 aromatic heterocycles. The number of pyridine rings is 1. The molecule has 0 aliphatic carbocycles. The van der Waals surface area contributed by atoms with E-state index in [4.69, 9.17) is 12.2 Å². The van der Waals surface area contributed by atoms with Crippen LogP contribution in [0.25, 0.3) is 0 Å². The first kappa shape index (κ1) is 15.0. The SMILES string of the molecule is Cc1cc([C@H]2[C@@H](c3ccccn3)NC(=S)N2C(C)C)c(C)[nH]1. The van der Waals surface area contributed by atoms with Crippen molar-refractivity contribution >= 4 is 17.3 Å². The predicted octanol–water partition coefficient (Wildman–Crippen LogP) is 3.41. The van der Waals surface area contributed by atoms with Crippen molar-refractivity contribution in [3.63, 3.8) is 0 Å². The van der Waals surface area contributed by atoms with Gasteiger partial charge in [-0.2, -0.15) is 0 Å². The second-order valence-corrected chi connectivity index (χ2v) is 6.55. The molecule has 1 aliphatic rings. The lowest BCUT2D eigenvalue weighted by Crippen LogP contribution is -2.35. The summed E-state index contributed by atoms with van der Waals surface area (Å²) in [6, 6.07) is 8.81. The maximum Gasteiger partial charge on any atom is 0.170 e. The molecule has 2 atom stereocenters. The van der Waals surface area contributed by atoms with Crippen LogP contribution in [0.15, 0.2) is 30.5 Å². The fourth-order valence-corrected chi connectivity index (χ4v) is 3.76. The third-order valence-electron chi connectivity index (χ3n) is 4.20. The number of hydrogen-bond acceptors (Lipinski definition) is 2. The molecule has 3 heterocycles. The molecule has 0 aromatic carbocycles. The number of nitrogens with zero attached hydrogens (tertiary/aromatic N) is 2. The predicted molar refractivity (Wildman–Crippen MR) is 92.7 cm³/mol. The van der Waals surface area contributed by atoms with Gasteiger partial charge in [0.05, 0.1) is 17.8 Å². The molecule has 4 nitrogen and oxygen atoms in total. The monoisotopic (exact) mass is 314 g/mol. The van der Waals surface area contributed by atoms with Crippen LogP contribution in [-0.4, -0.2) is 26.0 Å². The van der Waals surface area contributed by atoms with E-state index in [2.05, 4.69) is 60.0 Å². The first-order valence-electron chi connectivity index (χ1n) is 7.65. The molecule has 0 spiro atoms. The highest BCUT2D eigenvalue weighted by atomic mass is 32.1. The smallest absolute Gasteiger partial charge is 0.170 e. The van der Waals surface area contributed by atoms with Crippen LogP contribution in [0.4, 0.5) is 0 Å². The van der Waals surface area contributed by atoms with E-state index in [1.807, 2.05) is 18.3 Å². The van der Waals surface area contributed by atoms with Crippen molar-refractivity contribution in [3.8, 4) is 0 Å². The summed E-state index contributed by atoms with van der Waals surface area (Å²) in [5.74, 6) is 0. The van der Waals surface area contributed by atoms with Gasteiger partial charge >= 0.3 is 0 Å². The van der Waals surface area contributed by atoms with Crippen molar-refractivity contribution in [1.29, 1.82) is 0 Å². The third-order valence-corrected chi connectivity index (χ3v) is 4.53. The van der Waals surface area contributed by atoms with Gasteiger partial charge in [0.1, 0.15) is 0 Å². The maximum absolute atomic E-state index is 5.60. The molecule has 0 bridgehead atoms. The third kappa shape index (κ3) is 2.50. The lowest BCUT2D eigenvalue weighted by atomic mass is 9.96. The van der Waals surface area contributed by atoms with Crippen molar-refractivity contribution in [2.45, 2.75) is 45.8 Å². The molecule has 116 valence electrons. The number of nitrogens with one attached hydrogen (secondary N) is 2. The van der Waals surface area contributed by atoms with Gasteiger partial charge in [-0.25, -0.2) is 0 Å². The van der Waals surface area contributed by atoms with E-state index in [1.165, 1.54) is 17.0 Å². The summed E-state index contributed by atoms with van der Waals surface area (Å²) in [5, 5.41) is 4.27. The Kier molecular flexibility index (Phi) is 3.91. The van der Waals surface area contributed by atoms with Crippen molar-refractivity contribution in [1.82, 2.24) is 20.2 Å². The number of H-pyrrole nitrogens is 1. The van der Waals surface area contributed by atoms with E-state index < -0.39 is 0 Å². The molecule has 1 saturated heterocycles. The summed E-state index contributed by atoms with van der Waals surface area (Å²) in [4.78, 5) is 10.2. The van der Waals surface area contributed by atoms with Gasteiger partial charge in [-0.05, 0) is 63.7 Å². The van der Waals surface area contributed by atoms with Crippen LogP contribution >= 0.6 is 12.2 Å². The van der Waals surface area contributed by atoms with Crippen LogP contribution in [0.1, 0.15) is 48.6 Å². The summed E-state index contributed by atoms with van der Waals surface area (Å²) < 4.78 is 0. The highest BCUT2D eigenvalue weighted by Gasteiger charge is 2.41. The molecule has 2 N–H and O–H groups in total. The number of aryl methyl sites for hydroxylation is 2. The molecular formula is C17H22N4S. The highest BCUT2D eigenvalue weighted by molar-refractivity contribution is 7.80. The minimum Gasteiger partial charge on any atom is -0.362 e. The average molecular weight is 314 g/mol. The lowest BCUT2D eigenvalue weighted by Gasteiger charge is -2.31. The summed E-state index contributed by atoms with van der Waals surface area (Å²) in [7, 11) is 0. The zero-order valence-electron chi connectivity index (χ0n) is 13.4. The normalized spacial score (nSPS) is 21.5. The molecule has 0 amide bonds. The van der Waals surface area contributed by atoms with Crippen LogP contribution in [0.5, 0.6) is 0 Å². The number of aromatic amines is 1. The van der Waals surface area contributed by atoms with E-state index >= 15 is 0 Å². The molecule has 5 heteroatoms. The minimum absolute atomic E-state index is 0.0741. The van der Waals surface area contributed by atoms with Gasteiger partial charge in [0.2, 0.25) is 0 Å². The summed E-state index contributed by atoms with van der Waals surface area (Å²) in [6.07, 6.45) is 1.84. The van der Waals surface area contributed by atoms with Crippen LogP contribution in [-0.2, 0) is 0 Å². The zero-order chi connectivity index (χ0) is 15.9. The highest BCUT2D eigenvalue weighted by Crippen LogP contribution is 2.41. The van der Waals surface area contributed by atoms with Crippen LogP contribution in [0, 0.1) is 13.8 Å². The Hall–Kier alpha value is -1.88. The van der Waals surface area contributed by atoms with Gasteiger partial charge in [0, 0.05) is 23.6 Å². The molecule has 2 aromatic rings. The Balaban J connectivity index is 2.09. The van der Waals surface area contributed by atoms with Crippen molar-refractivity contribution in [3.05, 3.63) is 53.1 Å². The van der Waals surface area contributed by atoms with E-state index in [1.54, 1.807) is 0 Å². The van der Waals surface area contributed by atoms with E-state index in [9.17, 15) is 0 Å². The van der Waals surface area contributed by atoms with Crippen molar-refractivity contribution < 1.29 is 0 Å². The molecule has 1 fully saturated rings. The lowest BCUT2D eigenvalue weighted by molar-refractivity contribution is 0.269. The number of aromatic nitrogens is 2. The first-order valence-corrected chi connectivity index (χ1v) is 8.05. The molecule has 0 radical (unpaired) electrons. The quantitative estimate of drug-likeness (QED) is 0.852. The summed E-state index contributed by atoms with van der Waals surface area (Å²) >= 11 is 5.60. The van der Waals surface area contributed by atoms with Crippen LogP contribution in [0.2, 0.25) is 0 Å². The second-order valence-electron chi connectivity index (χ2n) is 6.16. The van der Waals surface area contributed by atoms with E-state index in [-0.39, 0.29) is 12.1 Å². The summed E-state index contributed by atoms with van der Waals surface area (Å²) in [6.45, 7) is 8.57. The van der Waals surface area contributed by atoms with Gasteiger partial charge in [0.15, 0.2) is 5.11 Å². The fraction of sp³-hybridized carbons (Fsp3) is 0.412. The molecule has 3 rings (SSSR count). The van der Waals surface area contributed by atoms with E-state index in [0.29, 0.717) is 6.04 Å². The van der Waals surface area contributed by atoms with Crippen molar-refractivity contribution in [2.75, 3.05) is 0 Å². The largest absolute Gasteiger partial charge is 0.362 e. The van der Waals surface area contributed by atoms with E-state index in [0.717, 1.165) is 10.8 Å². The Morgan fingerprint density at radius 2 is 2.05 bits per heavy atom. The van der Waals surface area contributed by atoms with Gasteiger partial charge < -0.3 is 15.2 Å². The Morgan fingerprint density at radius 1 is 1.27 bits per heavy atom. The Morgan fingerprint density at radius 3 is 2.59 bits per heavy atom. The van der Waals surface area contributed by atoms with Crippen LogP contribution < -0.4 is 5.32 Å². The Labute approximate surface area is 136 Å². The number of thiocarbonyl (C=S) groups is 1. The number of hydrogen-bond donors (Lipinski definition) is 2. The van der Waals surface area contributed by atoms with Crippen LogP contribution in [0.3, 0.4) is 0 Å². The molecule has 0 saturated carbocycles. The van der Waals surface area contributed by atoms with Gasteiger partial charge in [-0.1, -0.05) is 6.07 Å². The Bertz CT molecular complexity index is 677. The average Bonchev–Trinajstić information content (AvgIpc) is 2.99. The van der Waals surface area contributed by atoms with Crippen molar-refractivity contribution in [2.24, 2.45) is 0 Å². The standard InChI is InChI=1S/C17H22N4S/c1-10(2)21-16(13-9-11(3)19-12(13)4)15(20-17(21)22)14-7-5-6-8-18-14/h5-10,15-16,19H,1-4H3,(H,20,22)/t15-,16+/m1/s1. The minimum atomic E-state index is 0.0741. The fourth-order valence-electron chi connectivity index (χ4n) is 3.31. The molecule has 22 heavy (non-hydrogen) atoms. The zero-order valence-corrected chi connectivity index (χ0v) is 14.2. The topological polar surface area (TPSA) is 44.0 Å². The van der Waals surface area contributed by atoms with Gasteiger partial charge in [-0.15, -0.1) is 0 Å². The van der Waals surface area contributed by atoms with Gasteiger partial charge in [-0.3, -0.25) is 4.98 Å². The summed E-state index contributed by atoms with van der Waals surface area (Å²) in [5.41, 5.74) is 4.68. The molecular weight excluding hydrogens is 292 g/mol. The van der Waals surface area contributed by atoms with Gasteiger partial charge in [0.25, 0.3) is 0 Å².